The summed E-state index contributed by atoms with van der Waals surface area (Å²) in [6.45, 7) is 8.50. The number of amides is 3. The van der Waals surface area contributed by atoms with Crippen LogP contribution in [0.1, 0.15) is 18.1 Å². The van der Waals surface area contributed by atoms with Crippen LogP contribution in [0.5, 0.6) is 0 Å². The number of nitrogens with one attached hydrogen (secondary N) is 1. The Labute approximate surface area is 166 Å². The van der Waals surface area contributed by atoms with E-state index in [4.69, 9.17) is 4.74 Å². The van der Waals surface area contributed by atoms with Gasteiger partial charge in [0.15, 0.2) is 0 Å². The number of para-hydroxylation sites is 1. The van der Waals surface area contributed by atoms with Crippen molar-refractivity contribution >= 4 is 23.6 Å². The lowest BCUT2D eigenvalue weighted by atomic mass is 10.1. The summed E-state index contributed by atoms with van der Waals surface area (Å²) in [7, 11) is 1.63. The van der Waals surface area contributed by atoms with Crippen LogP contribution in [0.4, 0.5) is 10.5 Å². The van der Waals surface area contributed by atoms with Gasteiger partial charge < -0.3 is 19.9 Å². The SMILES string of the molecule is CCOC(=O)N1CCN(CC(=O)N(C)CC(=O)Nc2c(C)cccc2C)CC1. The quantitative estimate of drug-likeness (QED) is 0.796. The van der Waals surface area contributed by atoms with Crippen LogP contribution in [-0.4, -0.2) is 85.5 Å². The van der Waals surface area contributed by atoms with Crippen molar-refractivity contribution < 1.29 is 19.1 Å². The smallest absolute Gasteiger partial charge is 0.409 e. The van der Waals surface area contributed by atoms with Gasteiger partial charge in [-0.05, 0) is 31.9 Å². The number of likely N-dealkylation sites (N-methyl/N-ethyl adjacent to an activating group) is 1. The van der Waals surface area contributed by atoms with Crippen LogP contribution in [0, 0.1) is 13.8 Å². The Morgan fingerprint density at radius 1 is 1.11 bits per heavy atom. The molecule has 154 valence electrons. The van der Waals surface area contributed by atoms with Crippen molar-refractivity contribution in [3.63, 3.8) is 0 Å². The summed E-state index contributed by atoms with van der Waals surface area (Å²) >= 11 is 0. The van der Waals surface area contributed by atoms with Crippen molar-refractivity contribution in [2.45, 2.75) is 20.8 Å². The molecule has 1 saturated heterocycles. The molecule has 0 saturated carbocycles. The maximum atomic E-state index is 12.4. The number of carbonyl (C=O) groups is 3. The zero-order valence-electron chi connectivity index (χ0n) is 17.2. The number of anilines is 1. The average Bonchev–Trinajstić information content (AvgIpc) is 2.65. The number of hydrogen-bond donors (Lipinski definition) is 1. The minimum atomic E-state index is -0.311. The number of carbonyl (C=O) groups excluding carboxylic acids is 3. The highest BCUT2D eigenvalue weighted by Gasteiger charge is 2.24. The molecule has 0 radical (unpaired) electrons. The van der Waals surface area contributed by atoms with E-state index in [0.29, 0.717) is 32.8 Å². The molecule has 28 heavy (non-hydrogen) atoms. The van der Waals surface area contributed by atoms with Crippen LogP contribution in [0.3, 0.4) is 0 Å². The van der Waals surface area contributed by atoms with Crippen molar-refractivity contribution in [3.8, 4) is 0 Å². The van der Waals surface area contributed by atoms with E-state index in [1.807, 2.05) is 36.9 Å². The first-order valence-corrected chi connectivity index (χ1v) is 9.56. The molecule has 0 aliphatic carbocycles. The lowest BCUT2D eigenvalue weighted by molar-refractivity contribution is -0.134. The summed E-state index contributed by atoms with van der Waals surface area (Å²) in [5.74, 6) is -0.346. The van der Waals surface area contributed by atoms with Gasteiger partial charge in [0, 0.05) is 38.9 Å². The first-order valence-electron chi connectivity index (χ1n) is 9.56. The van der Waals surface area contributed by atoms with E-state index in [2.05, 4.69) is 5.32 Å². The second kappa shape index (κ2) is 10.1. The van der Waals surface area contributed by atoms with Crippen LogP contribution in [0.25, 0.3) is 0 Å². The van der Waals surface area contributed by atoms with Crippen LogP contribution in [-0.2, 0) is 14.3 Å². The van der Waals surface area contributed by atoms with E-state index in [-0.39, 0.29) is 31.0 Å². The highest BCUT2D eigenvalue weighted by molar-refractivity contribution is 5.95. The van der Waals surface area contributed by atoms with Gasteiger partial charge in [0.05, 0.1) is 19.7 Å². The van der Waals surface area contributed by atoms with E-state index < -0.39 is 0 Å². The normalized spacial score (nSPS) is 14.5. The zero-order chi connectivity index (χ0) is 20.7. The van der Waals surface area contributed by atoms with Gasteiger partial charge in [-0.25, -0.2) is 4.79 Å². The van der Waals surface area contributed by atoms with Crippen LogP contribution in [0.2, 0.25) is 0 Å². The summed E-state index contributed by atoms with van der Waals surface area (Å²) in [6.07, 6.45) is -0.311. The topological polar surface area (TPSA) is 82.2 Å². The van der Waals surface area contributed by atoms with Crippen molar-refractivity contribution in [2.75, 3.05) is 58.2 Å². The van der Waals surface area contributed by atoms with Gasteiger partial charge in [0.25, 0.3) is 0 Å². The lowest BCUT2D eigenvalue weighted by Crippen LogP contribution is -2.51. The van der Waals surface area contributed by atoms with Crippen molar-refractivity contribution in [1.82, 2.24) is 14.7 Å². The van der Waals surface area contributed by atoms with Gasteiger partial charge in [-0.2, -0.15) is 0 Å². The molecule has 3 amide bonds. The minimum absolute atomic E-state index is 0.00456. The second-order valence-corrected chi connectivity index (χ2v) is 7.03. The predicted molar refractivity (Wildman–Crippen MR) is 107 cm³/mol. The molecule has 1 aromatic rings. The highest BCUT2D eigenvalue weighted by Crippen LogP contribution is 2.19. The molecule has 0 unspecified atom stereocenters. The number of ether oxygens (including phenoxy) is 1. The van der Waals surface area contributed by atoms with E-state index in [1.54, 1.807) is 18.9 Å². The standard InChI is InChI=1S/C20H30N4O4/c1-5-28-20(27)24-11-9-23(10-12-24)14-18(26)22(4)13-17(25)21-19-15(2)7-6-8-16(19)3/h6-8H,5,9-14H2,1-4H3,(H,21,25). The summed E-state index contributed by atoms with van der Waals surface area (Å²) in [5, 5.41) is 2.89. The molecule has 0 bridgehead atoms. The third-order valence-electron chi connectivity index (χ3n) is 4.81. The molecule has 1 N–H and O–H groups in total. The minimum Gasteiger partial charge on any atom is -0.450 e. The fourth-order valence-corrected chi connectivity index (χ4v) is 3.11. The number of piperazine rings is 1. The number of hydrogen-bond acceptors (Lipinski definition) is 5. The van der Waals surface area contributed by atoms with Gasteiger partial charge >= 0.3 is 6.09 Å². The van der Waals surface area contributed by atoms with Crippen LogP contribution >= 0.6 is 0 Å². The Hall–Kier alpha value is -2.61. The first kappa shape index (κ1) is 21.7. The van der Waals surface area contributed by atoms with Crippen molar-refractivity contribution in [1.29, 1.82) is 0 Å². The largest absolute Gasteiger partial charge is 0.450 e. The molecular formula is C20H30N4O4. The lowest BCUT2D eigenvalue weighted by Gasteiger charge is -2.34. The van der Waals surface area contributed by atoms with Gasteiger partial charge in [-0.15, -0.1) is 0 Å². The Balaban J connectivity index is 1.78. The Kier molecular flexibility index (Phi) is 7.80. The monoisotopic (exact) mass is 390 g/mol. The van der Waals surface area contributed by atoms with E-state index in [9.17, 15) is 14.4 Å². The fourth-order valence-electron chi connectivity index (χ4n) is 3.11. The Bertz CT molecular complexity index is 694. The van der Waals surface area contributed by atoms with Crippen LogP contribution in [0.15, 0.2) is 18.2 Å². The summed E-state index contributed by atoms with van der Waals surface area (Å²) in [4.78, 5) is 41.6. The predicted octanol–water partition coefficient (Wildman–Crippen LogP) is 1.47. The average molecular weight is 390 g/mol. The molecule has 8 nitrogen and oxygen atoms in total. The fraction of sp³-hybridized carbons (Fsp3) is 0.550. The second-order valence-electron chi connectivity index (χ2n) is 7.03. The summed E-state index contributed by atoms with van der Waals surface area (Å²) < 4.78 is 4.99. The van der Waals surface area contributed by atoms with Crippen LogP contribution < -0.4 is 5.32 Å². The third-order valence-corrected chi connectivity index (χ3v) is 4.81. The molecular weight excluding hydrogens is 360 g/mol. The number of aryl methyl sites for hydroxylation is 2. The number of benzene rings is 1. The van der Waals surface area contributed by atoms with Gasteiger partial charge in [0.1, 0.15) is 0 Å². The number of nitrogens with zero attached hydrogens (tertiary/aromatic N) is 3. The van der Waals surface area contributed by atoms with E-state index >= 15 is 0 Å². The summed E-state index contributed by atoms with van der Waals surface area (Å²) in [5.41, 5.74) is 2.77. The van der Waals surface area contributed by atoms with Gasteiger partial charge in [0.2, 0.25) is 11.8 Å². The van der Waals surface area contributed by atoms with E-state index in [0.717, 1.165) is 16.8 Å². The molecule has 0 atom stereocenters. The Morgan fingerprint density at radius 3 is 2.29 bits per heavy atom. The zero-order valence-corrected chi connectivity index (χ0v) is 17.2. The molecule has 1 fully saturated rings. The molecule has 1 aromatic carbocycles. The molecule has 1 aliphatic rings. The molecule has 0 spiro atoms. The van der Waals surface area contributed by atoms with E-state index in [1.165, 1.54) is 4.90 Å². The van der Waals surface area contributed by atoms with Gasteiger partial charge in [-0.3, -0.25) is 14.5 Å². The number of rotatable bonds is 6. The molecule has 1 heterocycles. The maximum Gasteiger partial charge on any atom is 0.409 e. The highest BCUT2D eigenvalue weighted by atomic mass is 16.6. The summed E-state index contributed by atoms with van der Waals surface area (Å²) in [6, 6.07) is 5.82. The molecule has 0 aromatic heterocycles. The van der Waals surface area contributed by atoms with Crippen molar-refractivity contribution in [2.24, 2.45) is 0 Å². The maximum absolute atomic E-state index is 12.4. The first-order chi connectivity index (χ1) is 13.3. The third kappa shape index (κ3) is 5.95. The van der Waals surface area contributed by atoms with Gasteiger partial charge in [-0.1, -0.05) is 18.2 Å². The molecule has 1 aliphatic heterocycles. The molecule has 2 rings (SSSR count). The van der Waals surface area contributed by atoms with Crippen molar-refractivity contribution in [3.05, 3.63) is 29.3 Å². The molecule has 8 heteroatoms. The Morgan fingerprint density at radius 2 is 1.71 bits per heavy atom.